The monoisotopic (exact) mass is 556 g/mol. The van der Waals surface area contributed by atoms with E-state index in [-0.39, 0.29) is 17.5 Å². The van der Waals surface area contributed by atoms with E-state index in [2.05, 4.69) is 38.2 Å². The number of nitrogens with one attached hydrogen (secondary N) is 1. The van der Waals surface area contributed by atoms with Crippen LogP contribution in [0.15, 0.2) is 65.4 Å². The second kappa shape index (κ2) is 11.8. The number of thiophene rings is 1. The Kier molecular flexibility index (Phi) is 8.22. The summed E-state index contributed by atoms with van der Waals surface area (Å²) in [6.07, 6.45) is 5.73. The van der Waals surface area contributed by atoms with Crippen molar-refractivity contribution in [2.45, 2.75) is 70.8 Å². The van der Waals surface area contributed by atoms with Crippen molar-refractivity contribution < 1.29 is 19.4 Å². The second-order valence-corrected chi connectivity index (χ2v) is 12.5. The fourth-order valence-corrected chi connectivity index (χ4v) is 6.04. The molecule has 1 saturated carbocycles. The molecule has 0 radical (unpaired) electrons. The molecule has 5 rings (SSSR count). The molecule has 4 aromatic rings. The van der Waals surface area contributed by atoms with Crippen molar-refractivity contribution in [2.75, 3.05) is 0 Å². The minimum absolute atomic E-state index is 0.0701. The van der Waals surface area contributed by atoms with E-state index in [1.807, 2.05) is 47.2 Å². The van der Waals surface area contributed by atoms with Gasteiger partial charge in [-0.15, -0.1) is 0 Å². The van der Waals surface area contributed by atoms with Gasteiger partial charge in [0, 0.05) is 17.5 Å². The smallest absolute Gasteiger partial charge is 0.326 e. The summed E-state index contributed by atoms with van der Waals surface area (Å²) in [7, 11) is 0. The average molecular weight is 557 g/mol. The van der Waals surface area contributed by atoms with Crippen LogP contribution in [0.4, 0.5) is 0 Å². The molecular weight excluding hydrogens is 520 g/mol. The number of benzene rings is 2. The Bertz CT molecular complexity index is 1480. The molecule has 2 heterocycles. The molecule has 0 spiro atoms. The van der Waals surface area contributed by atoms with Crippen molar-refractivity contribution in [3.63, 3.8) is 0 Å². The maximum absolute atomic E-state index is 13.3. The van der Waals surface area contributed by atoms with Gasteiger partial charge in [-0.05, 0) is 81.4 Å². The van der Waals surface area contributed by atoms with Crippen LogP contribution in [0.1, 0.15) is 73.8 Å². The van der Waals surface area contributed by atoms with Gasteiger partial charge < -0.3 is 15.2 Å². The van der Waals surface area contributed by atoms with Crippen LogP contribution >= 0.6 is 11.3 Å². The zero-order chi connectivity index (χ0) is 28.3. The van der Waals surface area contributed by atoms with Crippen molar-refractivity contribution in [1.29, 1.82) is 0 Å². The molecule has 2 aromatic carbocycles. The lowest BCUT2D eigenvalue weighted by molar-refractivity contribution is -0.139. The predicted molar refractivity (Wildman–Crippen MR) is 160 cm³/mol. The van der Waals surface area contributed by atoms with Gasteiger partial charge in [0.15, 0.2) is 0 Å². The second-order valence-electron chi connectivity index (χ2n) is 11.8. The number of carbonyl (C=O) groups excluding carboxylic acids is 1. The maximum atomic E-state index is 13.3. The Morgan fingerprint density at radius 2 is 1.77 bits per heavy atom. The number of carbonyl (C=O) groups is 2. The van der Waals surface area contributed by atoms with Crippen LogP contribution in [0.5, 0.6) is 11.5 Å². The van der Waals surface area contributed by atoms with Crippen LogP contribution in [0.25, 0.3) is 10.8 Å². The Morgan fingerprint density at radius 3 is 2.42 bits per heavy atom. The number of aromatic nitrogens is 1. The highest BCUT2D eigenvalue weighted by atomic mass is 32.1. The SMILES string of the molecule is CC(C)(C)c1ccc(Oc2ccc3cc(C(=O)N[C@H](Cc4ccsc4)C(=O)O)nc(CC4CCCC4)c3c2)cc1. The van der Waals surface area contributed by atoms with Gasteiger partial charge in [-0.3, -0.25) is 4.79 Å². The van der Waals surface area contributed by atoms with E-state index in [1.165, 1.54) is 29.7 Å². The topological polar surface area (TPSA) is 88.5 Å². The first-order valence-electron chi connectivity index (χ1n) is 13.9. The lowest BCUT2D eigenvalue weighted by atomic mass is 9.87. The van der Waals surface area contributed by atoms with E-state index in [9.17, 15) is 14.7 Å². The molecule has 2 aromatic heterocycles. The van der Waals surface area contributed by atoms with E-state index in [0.29, 0.717) is 11.7 Å². The highest BCUT2D eigenvalue weighted by Crippen LogP contribution is 2.33. The van der Waals surface area contributed by atoms with E-state index < -0.39 is 17.9 Å². The Balaban J connectivity index is 1.43. The first kappa shape index (κ1) is 27.8. The number of hydrogen-bond donors (Lipinski definition) is 2. The highest BCUT2D eigenvalue weighted by Gasteiger charge is 2.24. The summed E-state index contributed by atoms with van der Waals surface area (Å²) in [5.41, 5.74) is 3.29. The van der Waals surface area contributed by atoms with E-state index in [0.717, 1.165) is 47.0 Å². The summed E-state index contributed by atoms with van der Waals surface area (Å²) in [5.74, 6) is 0.456. The first-order chi connectivity index (χ1) is 19.2. The van der Waals surface area contributed by atoms with Gasteiger partial charge in [0.2, 0.25) is 0 Å². The number of aliphatic carboxylic acids is 1. The Labute approximate surface area is 239 Å². The molecule has 0 bridgehead atoms. The lowest BCUT2D eigenvalue weighted by Gasteiger charge is -2.19. The fraction of sp³-hybridized carbons (Fsp3) is 0.364. The number of pyridine rings is 1. The third-order valence-electron chi connectivity index (χ3n) is 7.65. The van der Waals surface area contributed by atoms with Crippen molar-refractivity contribution in [3.8, 4) is 11.5 Å². The van der Waals surface area contributed by atoms with Crippen LogP contribution in [0.3, 0.4) is 0 Å². The molecule has 1 aliphatic rings. The minimum atomic E-state index is -1.07. The molecular formula is C33H36N2O4S. The lowest BCUT2D eigenvalue weighted by Crippen LogP contribution is -2.42. The number of rotatable bonds is 9. The van der Waals surface area contributed by atoms with Gasteiger partial charge in [-0.2, -0.15) is 11.3 Å². The molecule has 1 amide bonds. The number of carboxylic acid groups (broad SMARTS) is 1. The molecule has 0 unspecified atom stereocenters. The van der Waals surface area contributed by atoms with Crippen molar-refractivity contribution in [3.05, 3.63) is 87.9 Å². The number of hydrogen-bond acceptors (Lipinski definition) is 5. The van der Waals surface area contributed by atoms with Gasteiger partial charge in [0.05, 0.1) is 0 Å². The highest BCUT2D eigenvalue weighted by molar-refractivity contribution is 7.07. The van der Waals surface area contributed by atoms with Gasteiger partial charge in [-0.1, -0.05) is 64.7 Å². The standard InChI is InChI=1S/C33H36N2O4S/c1-33(2,3)24-9-12-25(13-10-24)39-26-11-8-23-18-29(34-28(27(23)19-26)16-21-6-4-5-7-21)31(36)35-30(32(37)38)17-22-14-15-40-20-22/h8-15,18-21,30H,4-7,16-17H2,1-3H3,(H,35,36)(H,37,38)/t30-/m1/s1. The molecule has 1 fully saturated rings. The summed E-state index contributed by atoms with van der Waals surface area (Å²) in [5, 5.41) is 18.1. The number of nitrogens with zero attached hydrogens (tertiary/aromatic N) is 1. The molecule has 6 nitrogen and oxygen atoms in total. The average Bonchev–Trinajstić information content (AvgIpc) is 3.63. The van der Waals surface area contributed by atoms with Crippen LogP contribution in [-0.2, 0) is 23.1 Å². The molecule has 40 heavy (non-hydrogen) atoms. The number of amides is 1. The number of carboxylic acids is 1. The summed E-state index contributed by atoms with van der Waals surface area (Å²) >= 11 is 1.50. The van der Waals surface area contributed by atoms with Crippen LogP contribution < -0.4 is 10.1 Å². The number of ether oxygens (including phenoxy) is 1. The largest absolute Gasteiger partial charge is 0.480 e. The third-order valence-corrected chi connectivity index (χ3v) is 8.38. The maximum Gasteiger partial charge on any atom is 0.326 e. The number of fused-ring (bicyclic) bond motifs is 1. The Hall–Kier alpha value is -3.71. The van der Waals surface area contributed by atoms with E-state index in [4.69, 9.17) is 9.72 Å². The summed E-state index contributed by atoms with van der Waals surface area (Å²) < 4.78 is 6.21. The predicted octanol–water partition coefficient (Wildman–Crippen LogP) is 7.54. The molecule has 7 heteroatoms. The van der Waals surface area contributed by atoms with Gasteiger partial charge in [0.25, 0.3) is 5.91 Å². The van der Waals surface area contributed by atoms with Gasteiger partial charge in [0.1, 0.15) is 23.2 Å². The van der Waals surface area contributed by atoms with Crippen molar-refractivity contribution in [2.24, 2.45) is 5.92 Å². The minimum Gasteiger partial charge on any atom is -0.480 e. The van der Waals surface area contributed by atoms with Gasteiger partial charge >= 0.3 is 5.97 Å². The summed E-state index contributed by atoms with van der Waals surface area (Å²) in [6, 6.07) is 16.6. The van der Waals surface area contributed by atoms with Crippen molar-refractivity contribution >= 4 is 34.0 Å². The van der Waals surface area contributed by atoms with Crippen LogP contribution in [0.2, 0.25) is 0 Å². The third kappa shape index (κ3) is 6.70. The molecule has 0 aliphatic heterocycles. The van der Waals surface area contributed by atoms with Crippen LogP contribution in [-0.4, -0.2) is 28.0 Å². The zero-order valence-electron chi connectivity index (χ0n) is 23.3. The fourth-order valence-electron chi connectivity index (χ4n) is 5.36. The quantitative estimate of drug-likeness (QED) is 0.222. The summed E-state index contributed by atoms with van der Waals surface area (Å²) in [6.45, 7) is 6.56. The zero-order valence-corrected chi connectivity index (χ0v) is 24.1. The molecule has 1 atom stereocenters. The first-order valence-corrected chi connectivity index (χ1v) is 14.9. The van der Waals surface area contributed by atoms with Crippen LogP contribution in [0, 0.1) is 5.92 Å². The summed E-state index contributed by atoms with van der Waals surface area (Å²) in [4.78, 5) is 30.0. The molecule has 1 aliphatic carbocycles. The van der Waals surface area contributed by atoms with E-state index >= 15 is 0 Å². The molecule has 2 N–H and O–H groups in total. The normalized spacial score (nSPS) is 14.8. The molecule has 0 saturated heterocycles. The molecule has 208 valence electrons. The van der Waals surface area contributed by atoms with E-state index in [1.54, 1.807) is 6.07 Å². The van der Waals surface area contributed by atoms with Gasteiger partial charge in [-0.25, -0.2) is 9.78 Å². The van der Waals surface area contributed by atoms with Crippen molar-refractivity contribution in [1.82, 2.24) is 10.3 Å². The Morgan fingerprint density at radius 1 is 1.05 bits per heavy atom.